The highest BCUT2D eigenvalue weighted by atomic mass is 19.1. The molecule has 3 heterocycles. The summed E-state index contributed by atoms with van der Waals surface area (Å²) in [7, 11) is 0. The highest BCUT2D eigenvalue weighted by Gasteiger charge is 2.29. The zero-order valence-corrected chi connectivity index (χ0v) is 15.4. The molecule has 0 radical (unpaired) electrons. The molecule has 0 unspecified atom stereocenters. The molecule has 28 heavy (non-hydrogen) atoms. The zero-order chi connectivity index (χ0) is 19.6. The van der Waals surface area contributed by atoms with Crippen LogP contribution in [0.2, 0.25) is 0 Å². The molecule has 0 atom stereocenters. The smallest absolute Gasteiger partial charge is 0.341 e. The summed E-state index contributed by atoms with van der Waals surface area (Å²) >= 11 is 0. The SMILES string of the molecule is Cc1c(-c2cc(F)c3c(c2)CNC3)ccn2c(=O)c(C(=O)O)cc(C3CC3)c12. The van der Waals surface area contributed by atoms with Crippen LogP contribution in [0, 0.1) is 12.7 Å². The molecule has 1 aromatic carbocycles. The molecule has 0 amide bonds. The molecule has 0 spiro atoms. The van der Waals surface area contributed by atoms with Crippen LogP contribution in [0.4, 0.5) is 4.39 Å². The van der Waals surface area contributed by atoms with E-state index in [1.807, 2.05) is 13.0 Å². The molecule has 2 aromatic heterocycles. The third kappa shape index (κ3) is 2.48. The van der Waals surface area contributed by atoms with Gasteiger partial charge in [0.1, 0.15) is 11.4 Å². The lowest BCUT2D eigenvalue weighted by molar-refractivity contribution is 0.0694. The molecule has 3 aromatic rings. The fraction of sp³-hybridized carbons (Fsp3) is 0.273. The summed E-state index contributed by atoms with van der Waals surface area (Å²) < 4.78 is 16.0. The summed E-state index contributed by atoms with van der Waals surface area (Å²) in [5.74, 6) is -1.17. The second-order valence-corrected chi connectivity index (χ2v) is 7.67. The van der Waals surface area contributed by atoms with Crippen molar-refractivity contribution in [2.45, 2.75) is 38.8 Å². The summed E-state index contributed by atoms with van der Waals surface area (Å²) in [4.78, 5) is 24.2. The Hall–Kier alpha value is -2.99. The molecular weight excluding hydrogens is 359 g/mol. The van der Waals surface area contributed by atoms with Crippen molar-refractivity contribution in [3.05, 3.63) is 74.5 Å². The first-order valence-corrected chi connectivity index (χ1v) is 9.40. The van der Waals surface area contributed by atoms with Crippen molar-refractivity contribution >= 4 is 11.5 Å². The lowest BCUT2D eigenvalue weighted by Crippen LogP contribution is -2.23. The Kier molecular flexibility index (Phi) is 3.67. The molecule has 1 aliphatic carbocycles. The number of nitrogens with zero attached hydrogens (tertiary/aromatic N) is 1. The van der Waals surface area contributed by atoms with Crippen LogP contribution in [0.3, 0.4) is 0 Å². The van der Waals surface area contributed by atoms with Crippen LogP contribution in [0.1, 0.15) is 51.4 Å². The number of aryl methyl sites for hydroxylation is 1. The van der Waals surface area contributed by atoms with Crippen LogP contribution >= 0.6 is 0 Å². The number of fused-ring (bicyclic) bond motifs is 2. The van der Waals surface area contributed by atoms with Crippen molar-refractivity contribution in [2.24, 2.45) is 0 Å². The number of pyridine rings is 2. The van der Waals surface area contributed by atoms with Gasteiger partial charge in [-0.3, -0.25) is 9.20 Å². The summed E-state index contributed by atoms with van der Waals surface area (Å²) in [5, 5.41) is 12.6. The maximum atomic E-state index is 14.5. The molecule has 0 bridgehead atoms. The molecular formula is C22H19FN2O3. The van der Waals surface area contributed by atoms with Gasteiger partial charge < -0.3 is 10.4 Å². The van der Waals surface area contributed by atoms with Gasteiger partial charge in [-0.15, -0.1) is 0 Å². The first-order chi connectivity index (χ1) is 13.5. The number of carboxylic acid groups (broad SMARTS) is 1. The van der Waals surface area contributed by atoms with Crippen molar-refractivity contribution in [1.29, 1.82) is 0 Å². The fourth-order valence-electron chi connectivity index (χ4n) is 4.30. The molecule has 1 aliphatic heterocycles. The Morgan fingerprint density at radius 1 is 1.25 bits per heavy atom. The van der Waals surface area contributed by atoms with Gasteiger partial charge in [0.2, 0.25) is 0 Å². The third-order valence-corrected chi connectivity index (χ3v) is 5.88. The number of nitrogens with one attached hydrogen (secondary N) is 1. The van der Waals surface area contributed by atoms with Crippen molar-refractivity contribution in [3.8, 4) is 11.1 Å². The number of hydrogen-bond acceptors (Lipinski definition) is 3. The van der Waals surface area contributed by atoms with Crippen molar-refractivity contribution in [2.75, 3.05) is 0 Å². The summed E-state index contributed by atoms with van der Waals surface area (Å²) in [6.07, 6.45) is 3.58. The summed E-state index contributed by atoms with van der Waals surface area (Å²) in [5.41, 5.74) is 5.05. The van der Waals surface area contributed by atoms with Crippen LogP contribution in [-0.2, 0) is 13.1 Å². The first kappa shape index (κ1) is 17.1. The Morgan fingerprint density at radius 2 is 2.04 bits per heavy atom. The van der Waals surface area contributed by atoms with Gasteiger partial charge in [0, 0.05) is 24.8 Å². The Labute approximate surface area is 160 Å². The van der Waals surface area contributed by atoms with E-state index < -0.39 is 11.5 Å². The summed E-state index contributed by atoms with van der Waals surface area (Å²) in [6.45, 7) is 3.10. The van der Waals surface area contributed by atoms with E-state index in [2.05, 4.69) is 5.32 Å². The lowest BCUT2D eigenvalue weighted by atomic mass is 9.94. The topological polar surface area (TPSA) is 70.8 Å². The van der Waals surface area contributed by atoms with Crippen LogP contribution < -0.4 is 10.9 Å². The minimum atomic E-state index is -1.21. The summed E-state index contributed by atoms with van der Waals surface area (Å²) in [6, 6.07) is 6.85. The number of halogens is 1. The number of rotatable bonds is 3. The van der Waals surface area contributed by atoms with E-state index >= 15 is 0 Å². The number of hydrogen-bond donors (Lipinski definition) is 2. The van der Waals surface area contributed by atoms with E-state index in [-0.39, 0.29) is 17.3 Å². The van der Waals surface area contributed by atoms with E-state index in [0.29, 0.717) is 18.7 Å². The lowest BCUT2D eigenvalue weighted by Gasteiger charge is -2.16. The highest BCUT2D eigenvalue weighted by molar-refractivity contribution is 5.89. The van der Waals surface area contributed by atoms with E-state index in [4.69, 9.17) is 0 Å². The maximum absolute atomic E-state index is 14.5. The number of carbonyl (C=O) groups is 1. The second kappa shape index (κ2) is 6.01. The number of aromatic nitrogens is 1. The monoisotopic (exact) mass is 378 g/mol. The minimum Gasteiger partial charge on any atom is -0.477 e. The molecule has 2 aliphatic rings. The third-order valence-electron chi connectivity index (χ3n) is 5.88. The van der Waals surface area contributed by atoms with Crippen molar-refractivity contribution in [3.63, 3.8) is 0 Å². The number of aromatic carboxylic acids is 1. The van der Waals surface area contributed by atoms with Crippen LogP contribution in [0.5, 0.6) is 0 Å². The quantitative estimate of drug-likeness (QED) is 0.731. The maximum Gasteiger partial charge on any atom is 0.341 e. The molecule has 5 nitrogen and oxygen atoms in total. The van der Waals surface area contributed by atoms with Gasteiger partial charge in [0.25, 0.3) is 5.56 Å². The van der Waals surface area contributed by atoms with E-state index in [1.165, 1.54) is 10.5 Å². The van der Waals surface area contributed by atoms with Gasteiger partial charge in [-0.1, -0.05) is 0 Å². The van der Waals surface area contributed by atoms with Gasteiger partial charge in [0.05, 0.1) is 5.52 Å². The second-order valence-electron chi connectivity index (χ2n) is 7.67. The largest absolute Gasteiger partial charge is 0.477 e. The first-order valence-electron chi connectivity index (χ1n) is 9.40. The van der Waals surface area contributed by atoms with E-state index in [0.717, 1.165) is 46.2 Å². The van der Waals surface area contributed by atoms with Crippen LogP contribution in [0.25, 0.3) is 16.6 Å². The molecule has 142 valence electrons. The molecule has 6 heteroatoms. The van der Waals surface area contributed by atoms with Gasteiger partial charge in [-0.2, -0.15) is 0 Å². The van der Waals surface area contributed by atoms with Gasteiger partial charge in [-0.25, -0.2) is 9.18 Å². The van der Waals surface area contributed by atoms with Gasteiger partial charge in [0.15, 0.2) is 0 Å². The predicted octanol–water partition coefficient (Wildman–Crippen LogP) is 3.59. The Morgan fingerprint density at radius 3 is 2.75 bits per heavy atom. The molecule has 1 saturated carbocycles. The Bertz CT molecular complexity index is 1220. The van der Waals surface area contributed by atoms with Gasteiger partial charge >= 0.3 is 5.97 Å². The molecule has 2 N–H and O–H groups in total. The van der Waals surface area contributed by atoms with Gasteiger partial charge in [-0.05, 0) is 77.8 Å². The minimum absolute atomic E-state index is 0.207. The average Bonchev–Trinajstić information content (AvgIpc) is 3.39. The van der Waals surface area contributed by atoms with Crippen molar-refractivity contribution in [1.82, 2.24) is 9.72 Å². The normalized spacial score (nSPS) is 15.8. The van der Waals surface area contributed by atoms with E-state index in [1.54, 1.807) is 18.3 Å². The standard InChI is InChI=1S/C22H19FN2O3/c1-11-15(13-6-14-9-24-10-18(14)19(23)7-13)4-5-25-20(11)16(12-2-3-12)8-17(21(25)26)22(27)28/h4-8,12,24H,2-3,9-10H2,1H3,(H,27,28). The molecule has 5 rings (SSSR count). The zero-order valence-electron chi connectivity index (χ0n) is 15.4. The predicted molar refractivity (Wildman–Crippen MR) is 103 cm³/mol. The molecule has 0 saturated heterocycles. The number of benzene rings is 1. The molecule has 1 fully saturated rings. The fourth-order valence-corrected chi connectivity index (χ4v) is 4.30. The van der Waals surface area contributed by atoms with Crippen molar-refractivity contribution < 1.29 is 14.3 Å². The highest BCUT2D eigenvalue weighted by Crippen LogP contribution is 2.43. The van der Waals surface area contributed by atoms with Crippen LogP contribution in [-0.4, -0.2) is 15.5 Å². The Balaban J connectivity index is 1.79. The van der Waals surface area contributed by atoms with E-state index in [9.17, 15) is 19.1 Å². The van der Waals surface area contributed by atoms with Crippen LogP contribution in [0.15, 0.2) is 35.3 Å². The number of carboxylic acids is 1. The average molecular weight is 378 g/mol.